The van der Waals surface area contributed by atoms with Crippen molar-refractivity contribution in [2.45, 2.75) is 49.9 Å². The summed E-state index contributed by atoms with van der Waals surface area (Å²) in [6.45, 7) is 3.42. The predicted octanol–water partition coefficient (Wildman–Crippen LogP) is 4.18. The summed E-state index contributed by atoms with van der Waals surface area (Å²) < 4.78 is 16.6. The third-order valence-electron chi connectivity index (χ3n) is 8.93. The van der Waals surface area contributed by atoms with Crippen molar-refractivity contribution in [1.82, 2.24) is 20.6 Å². The molecule has 3 N–H and O–H groups in total. The highest BCUT2D eigenvalue weighted by Gasteiger charge is 2.36. The Bertz CT molecular complexity index is 1550. The van der Waals surface area contributed by atoms with Gasteiger partial charge >= 0.3 is 0 Å². The Balaban J connectivity index is 1.32. The lowest BCUT2D eigenvalue weighted by atomic mass is 9.96. The smallest absolute Gasteiger partial charge is 0.228 e. The van der Waals surface area contributed by atoms with Gasteiger partial charge in [0.1, 0.15) is 17.1 Å². The van der Waals surface area contributed by atoms with Crippen molar-refractivity contribution in [3.8, 4) is 16.9 Å². The number of benzene rings is 3. The van der Waals surface area contributed by atoms with Crippen LogP contribution in [0.4, 0.5) is 16.2 Å². The molecule has 5 heterocycles. The maximum absolute atomic E-state index is 16.6. The van der Waals surface area contributed by atoms with Crippen LogP contribution in [0.25, 0.3) is 32.8 Å². The van der Waals surface area contributed by atoms with Crippen LogP contribution in [0.3, 0.4) is 0 Å². The van der Waals surface area contributed by atoms with Crippen LogP contribution in [0, 0.1) is 5.82 Å². The van der Waals surface area contributed by atoms with E-state index in [9.17, 15) is 5.11 Å². The van der Waals surface area contributed by atoms with E-state index in [0.717, 1.165) is 61.0 Å². The zero-order valence-corrected chi connectivity index (χ0v) is 21.2. The number of halogens is 1. The van der Waals surface area contributed by atoms with Gasteiger partial charge < -0.3 is 25.5 Å². The van der Waals surface area contributed by atoms with E-state index in [0.29, 0.717) is 46.8 Å². The van der Waals surface area contributed by atoms with Crippen LogP contribution < -0.4 is 20.4 Å². The van der Waals surface area contributed by atoms with E-state index in [1.165, 1.54) is 12.8 Å². The number of hydrogen-bond acceptors (Lipinski definition) is 7. The Labute approximate surface area is 220 Å². The standard InChI is InChI=1S/C30H31FN6O/c31-27-24(26-12-22(38)11-17-3-1-2-4-23(17)26)9-10-25-28(27)34-30(37-15-20-7-8-21(16-37)33-20)35-29(25)36-13-18-5-6-19(14-36)32-18/h1-4,9-12,18-21,32-33,38H,5-8,13-16H2. The molecule has 4 aliphatic heterocycles. The molecule has 7 nitrogen and oxygen atoms in total. The van der Waals surface area contributed by atoms with E-state index in [1.807, 2.05) is 36.4 Å². The number of piperazine rings is 2. The molecule has 4 bridgehead atoms. The van der Waals surface area contributed by atoms with Gasteiger partial charge in [-0.15, -0.1) is 0 Å². The van der Waals surface area contributed by atoms with Gasteiger partial charge in [0, 0.05) is 61.3 Å². The number of hydrogen-bond donors (Lipinski definition) is 3. The van der Waals surface area contributed by atoms with Crippen molar-refractivity contribution in [3.05, 3.63) is 54.3 Å². The van der Waals surface area contributed by atoms with Crippen molar-refractivity contribution in [2.24, 2.45) is 0 Å². The molecule has 3 aromatic carbocycles. The molecule has 0 radical (unpaired) electrons. The van der Waals surface area contributed by atoms with Gasteiger partial charge in [-0.2, -0.15) is 4.98 Å². The van der Waals surface area contributed by atoms with Gasteiger partial charge in [-0.1, -0.05) is 30.3 Å². The maximum atomic E-state index is 16.6. The van der Waals surface area contributed by atoms with Crippen LogP contribution in [0.1, 0.15) is 25.7 Å². The van der Waals surface area contributed by atoms with Crippen molar-refractivity contribution in [3.63, 3.8) is 0 Å². The molecule has 4 fully saturated rings. The molecular weight excluding hydrogens is 479 g/mol. The molecule has 0 spiro atoms. The van der Waals surface area contributed by atoms with E-state index < -0.39 is 0 Å². The van der Waals surface area contributed by atoms with Crippen LogP contribution in [-0.2, 0) is 0 Å². The van der Waals surface area contributed by atoms with Gasteiger partial charge in [-0.3, -0.25) is 0 Å². The SMILES string of the molecule is Oc1cc(-c2ccc3c(N4CC5CCC(C4)N5)nc(N4CC5CCC(C4)N5)nc3c2F)c2ccccc2c1. The van der Waals surface area contributed by atoms with Gasteiger partial charge in [-0.25, -0.2) is 9.37 Å². The molecule has 4 aromatic rings. The summed E-state index contributed by atoms with van der Waals surface area (Å²) in [7, 11) is 0. The molecular formula is C30H31FN6O. The normalized spacial score (nSPS) is 26.6. The van der Waals surface area contributed by atoms with Crippen molar-refractivity contribution < 1.29 is 9.50 Å². The average molecular weight is 511 g/mol. The highest BCUT2D eigenvalue weighted by molar-refractivity contribution is 6.01. The zero-order valence-electron chi connectivity index (χ0n) is 21.2. The van der Waals surface area contributed by atoms with Crippen LogP contribution >= 0.6 is 0 Å². The lowest BCUT2D eigenvalue weighted by molar-refractivity contribution is 0.457. The summed E-state index contributed by atoms with van der Waals surface area (Å²) in [6.07, 6.45) is 4.65. The minimum Gasteiger partial charge on any atom is -0.508 e. The van der Waals surface area contributed by atoms with Crippen molar-refractivity contribution in [2.75, 3.05) is 36.0 Å². The number of rotatable bonds is 3. The topological polar surface area (TPSA) is 76.6 Å². The molecule has 0 amide bonds. The second-order valence-electron chi connectivity index (χ2n) is 11.5. The molecule has 4 aliphatic rings. The fraction of sp³-hybridized carbons (Fsp3) is 0.400. The fourth-order valence-electron chi connectivity index (χ4n) is 7.17. The first-order valence-corrected chi connectivity index (χ1v) is 13.8. The number of phenols is 1. The summed E-state index contributed by atoms with van der Waals surface area (Å²) in [4.78, 5) is 14.6. The van der Waals surface area contributed by atoms with E-state index >= 15 is 4.39 Å². The summed E-state index contributed by atoms with van der Waals surface area (Å²) >= 11 is 0. The highest BCUT2D eigenvalue weighted by Crippen LogP contribution is 2.39. The molecule has 1 aromatic heterocycles. The van der Waals surface area contributed by atoms with E-state index in [-0.39, 0.29) is 11.6 Å². The number of aromatic nitrogens is 2. The Morgan fingerprint density at radius 2 is 1.39 bits per heavy atom. The third kappa shape index (κ3) is 3.61. The summed E-state index contributed by atoms with van der Waals surface area (Å²) in [5.74, 6) is 1.21. The minimum atomic E-state index is -0.362. The number of anilines is 2. The van der Waals surface area contributed by atoms with Gasteiger partial charge in [0.05, 0.1) is 0 Å². The van der Waals surface area contributed by atoms with Gasteiger partial charge in [0.15, 0.2) is 5.82 Å². The van der Waals surface area contributed by atoms with Crippen LogP contribution in [0.2, 0.25) is 0 Å². The van der Waals surface area contributed by atoms with Gasteiger partial charge in [0.25, 0.3) is 0 Å². The highest BCUT2D eigenvalue weighted by atomic mass is 19.1. The minimum absolute atomic E-state index is 0.120. The molecule has 0 saturated carbocycles. The molecule has 4 unspecified atom stereocenters. The number of nitrogens with zero attached hydrogens (tertiary/aromatic N) is 4. The number of aromatic hydroxyl groups is 1. The molecule has 194 valence electrons. The Morgan fingerprint density at radius 3 is 2.11 bits per heavy atom. The maximum Gasteiger partial charge on any atom is 0.228 e. The first-order chi connectivity index (χ1) is 18.6. The quantitative estimate of drug-likeness (QED) is 0.382. The van der Waals surface area contributed by atoms with Gasteiger partial charge in [0.2, 0.25) is 5.95 Å². The lowest BCUT2D eigenvalue weighted by Crippen LogP contribution is -2.52. The largest absolute Gasteiger partial charge is 0.508 e. The molecule has 0 aliphatic carbocycles. The third-order valence-corrected chi connectivity index (χ3v) is 8.93. The van der Waals surface area contributed by atoms with Gasteiger partial charge in [-0.05, 0) is 60.2 Å². The van der Waals surface area contributed by atoms with Crippen LogP contribution in [-0.4, -0.2) is 65.4 Å². The monoisotopic (exact) mass is 510 g/mol. The Kier molecular flexibility index (Phi) is 5.04. The first-order valence-electron chi connectivity index (χ1n) is 13.8. The zero-order chi connectivity index (χ0) is 25.4. The number of fused-ring (bicyclic) bond motifs is 6. The first kappa shape index (κ1) is 22.5. The molecule has 8 heteroatoms. The van der Waals surface area contributed by atoms with Crippen molar-refractivity contribution in [1.29, 1.82) is 0 Å². The predicted molar refractivity (Wildman–Crippen MR) is 148 cm³/mol. The molecule has 38 heavy (non-hydrogen) atoms. The summed E-state index contributed by atoms with van der Waals surface area (Å²) in [5, 5.41) is 20.3. The molecule has 4 atom stereocenters. The average Bonchev–Trinajstić information content (AvgIpc) is 3.46. The van der Waals surface area contributed by atoms with Crippen LogP contribution in [0.5, 0.6) is 5.75 Å². The number of nitrogens with one attached hydrogen (secondary N) is 2. The second kappa shape index (κ2) is 8.51. The van der Waals surface area contributed by atoms with Crippen LogP contribution in [0.15, 0.2) is 48.5 Å². The summed E-state index contributed by atoms with van der Waals surface area (Å²) in [5.41, 5.74) is 1.47. The second-order valence-corrected chi connectivity index (χ2v) is 11.5. The lowest BCUT2D eigenvalue weighted by Gasteiger charge is -2.36. The number of phenolic OH excluding ortho intramolecular Hbond substituents is 1. The van der Waals surface area contributed by atoms with E-state index in [1.54, 1.807) is 12.1 Å². The summed E-state index contributed by atoms with van der Waals surface area (Å²) in [6, 6.07) is 16.7. The molecule has 4 saturated heterocycles. The molecule has 8 rings (SSSR count). The fourth-order valence-corrected chi connectivity index (χ4v) is 7.17. The van der Waals surface area contributed by atoms with E-state index in [4.69, 9.17) is 9.97 Å². The van der Waals surface area contributed by atoms with E-state index in [2.05, 4.69) is 20.4 Å². The Hall–Kier alpha value is -3.49. The Morgan fingerprint density at radius 1 is 0.737 bits per heavy atom. The van der Waals surface area contributed by atoms with Crippen molar-refractivity contribution >= 4 is 33.4 Å².